The first kappa shape index (κ1) is 14.1. The van der Waals surface area contributed by atoms with Gasteiger partial charge in [0.1, 0.15) is 0 Å². The summed E-state index contributed by atoms with van der Waals surface area (Å²) in [5.41, 5.74) is 4.89. The van der Waals surface area contributed by atoms with Crippen molar-refractivity contribution < 1.29 is 9.53 Å². The molecule has 0 radical (unpaired) electrons. The van der Waals surface area contributed by atoms with Gasteiger partial charge in [0.2, 0.25) is 5.13 Å². The van der Waals surface area contributed by atoms with E-state index < -0.39 is 5.97 Å². The van der Waals surface area contributed by atoms with Crippen LogP contribution in [0.15, 0.2) is 35.0 Å². The highest BCUT2D eigenvalue weighted by Gasteiger charge is 2.11. The summed E-state index contributed by atoms with van der Waals surface area (Å²) in [7, 11) is 0. The third-order valence-corrected chi connectivity index (χ3v) is 3.15. The molecule has 0 bridgehead atoms. The highest BCUT2D eigenvalue weighted by molar-refractivity contribution is 7.13. The zero-order valence-corrected chi connectivity index (χ0v) is 12.0. The Balaban J connectivity index is 2.02. The van der Waals surface area contributed by atoms with Gasteiger partial charge in [0.15, 0.2) is 5.69 Å². The summed E-state index contributed by atoms with van der Waals surface area (Å²) in [5.74, 6) is -0.424. The number of nitrogens with zero attached hydrogens (tertiary/aromatic N) is 3. The van der Waals surface area contributed by atoms with Crippen LogP contribution in [-0.4, -0.2) is 28.3 Å². The molecule has 2 aromatic heterocycles. The molecule has 2 rings (SSSR count). The van der Waals surface area contributed by atoms with E-state index in [9.17, 15) is 4.79 Å². The van der Waals surface area contributed by atoms with Crippen molar-refractivity contribution in [1.82, 2.24) is 9.97 Å². The molecule has 0 amide bonds. The highest BCUT2D eigenvalue weighted by Crippen LogP contribution is 2.16. The van der Waals surface area contributed by atoms with E-state index >= 15 is 0 Å². The molecule has 0 saturated heterocycles. The normalized spacial score (nSPS) is 11.2. The molecule has 0 atom stereocenters. The van der Waals surface area contributed by atoms with Crippen molar-refractivity contribution in [3.05, 3.63) is 41.2 Å². The number of carbonyl (C=O) groups is 1. The average molecular weight is 290 g/mol. The zero-order valence-electron chi connectivity index (χ0n) is 11.2. The maximum absolute atomic E-state index is 11.5. The molecule has 2 heterocycles. The molecule has 6 nitrogen and oxygen atoms in total. The van der Waals surface area contributed by atoms with Gasteiger partial charge in [-0.05, 0) is 26.0 Å². The third-order valence-electron chi connectivity index (χ3n) is 2.41. The first-order valence-electron chi connectivity index (χ1n) is 6.04. The van der Waals surface area contributed by atoms with Crippen LogP contribution < -0.4 is 5.43 Å². The molecule has 20 heavy (non-hydrogen) atoms. The second-order valence-corrected chi connectivity index (χ2v) is 4.66. The molecule has 0 aliphatic heterocycles. The quantitative estimate of drug-likeness (QED) is 0.520. The van der Waals surface area contributed by atoms with Gasteiger partial charge in [-0.15, -0.1) is 11.3 Å². The Morgan fingerprint density at radius 1 is 1.45 bits per heavy atom. The summed E-state index contributed by atoms with van der Waals surface area (Å²) >= 11 is 1.30. The van der Waals surface area contributed by atoms with Crippen LogP contribution in [0, 0.1) is 0 Å². The van der Waals surface area contributed by atoms with Crippen LogP contribution in [0.2, 0.25) is 0 Å². The van der Waals surface area contributed by atoms with Crippen LogP contribution in [0.1, 0.15) is 29.9 Å². The molecular weight excluding hydrogens is 276 g/mol. The Morgan fingerprint density at radius 3 is 2.90 bits per heavy atom. The smallest absolute Gasteiger partial charge is 0.357 e. The van der Waals surface area contributed by atoms with Gasteiger partial charge in [0.05, 0.1) is 12.3 Å². The van der Waals surface area contributed by atoms with E-state index in [2.05, 4.69) is 20.5 Å². The molecule has 0 aliphatic rings. The number of anilines is 1. The van der Waals surface area contributed by atoms with Gasteiger partial charge in [-0.1, -0.05) is 0 Å². The molecule has 0 unspecified atom stereocenters. The van der Waals surface area contributed by atoms with Gasteiger partial charge >= 0.3 is 5.97 Å². The Bertz CT molecular complexity index is 610. The fourth-order valence-corrected chi connectivity index (χ4v) is 2.03. The molecule has 0 aromatic carbocycles. The van der Waals surface area contributed by atoms with Gasteiger partial charge < -0.3 is 4.74 Å². The van der Waals surface area contributed by atoms with E-state index in [1.807, 2.05) is 19.1 Å². The fourth-order valence-electron chi connectivity index (χ4n) is 1.41. The van der Waals surface area contributed by atoms with Crippen molar-refractivity contribution in [2.45, 2.75) is 13.8 Å². The predicted octanol–water partition coefficient (Wildman–Crippen LogP) is 2.55. The number of nitrogens with one attached hydrogen (secondary N) is 1. The Labute approximate surface area is 120 Å². The molecule has 0 aliphatic carbocycles. The van der Waals surface area contributed by atoms with Gasteiger partial charge in [-0.2, -0.15) is 5.10 Å². The van der Waals surface area contributed by atoms with E-state index in [4.69, 9.17) is 4.74 Å². The van der Waals surface area contributed by atoms with Gasteiger partial charge in [-0.3, -0.25) is 10.4 Å². The minimum atomic E-state index is -0.424. The van der Waals surface area contributed by atoms with E-state index in [0.717, 1.165) is 11.3 Å². The number of hydrazone groups is 1. The van der Waals surface area contributed by atoms with Crippen molar-refractivity contribution in [3.8, 4) is 0 Å². The average Bonchev–Trinajstić information content (AvgIpc) is 2.95. The van der Waals surface area contributed by atoms with Crippen LogP contribution >= 0.6 is 11.3 Å². The second kappa shape index (κ2) is 6.76. The standard InChI is InChI=1S/C13H14N4O2S/c1-3-19-12(18)11-8-20-13(15-11)17-16-9(2)10-4-6-14-7-5-10/h4-8H,3H2,1-2H3,(H,15,17). The highest BCUT2D eigenvalue weighted by atomic mass is 32.1. The lowest BCUT2D eigenvalue weighted by atomic mass is 10.2. The van der Waals surface area contributed by atoms with E-state index in [1.54, 1.807) is 24.7 Å². The molecule has 0 spiro atoms. The van der Waals surface area contributed by atoms with E-state index in [1.165, 1.54) is 11.3 Å². The monoisotopic (exact) mass is 290 g/mol. The first-order chi connectivity index (χ1) is 9.70. The summed E-state index contributed by atoms with van der Waals surface area (Å²) in [5, 5.41) is 6.40. The molecular formula is C13H14N4O2S. The molecule has 104 valence electrons. The Hall–Kier alpha value is -2.28. The van der Waals surface area contributed by atoms with Crippen molar-refractivity contribution >= 4 is 28.1 Å². The fraction of sp³-hybridized carbons (Fsp3) is 0.231. The zero-order chi connectivity index (χ0) is 14.4. The summed E-state index contributed by atoms with van der Waals surface area (Å²) in [4.78, 5) is 19.5. The van der Waals surface area contributed by atoms with Crippen LogP contribution in [-0.2, 0) is 4.74 Å². The molecule has 1 N–H and O–H groups in total. The van der Waals surface area contributed by atoms with Crippen LogP contribution in [0.5, 0.6) is 0 Å². The number of thiazole rings is 1. The number of aromatic nitrogens is 2. The van der Waals surface area contributed by atoms with Crippen LogP contribution in [0.4, 0.5) is 5.13 Å². The van der Waals surface area contributed by atoms with Crippen molar-refractivity contribution in [3.63, 3.8) is 0 Å². The molecule has 2 aromatic rings. The summed E-state index contributed by atoms with van der Waals surface area (Å²) in [6, 6.07) is 3.73. The maximum Gasteiger partial charge on any atom is 0.357 e. The molecule has 0 saturated carbocycles. The predicted molar refractivity (Wildman–Crippen MR) is 78.1 cm³/mol. The topological polar surface area (TPSA) is 76.5 Å². The second-order valence-electron chi connectivity index (χ2n) is 3.80. The lowest BCUT2D eigenvalue weighted by Crippen LogP contribution is -2.05. The van der Waals surface area contributed by atoms with Gasteiger partial charge in [0, 0.05) is 23.3 Å². The minimum absolute atomic E-state index is 0.288. The lowest BCUT2D eigenvalue weighted by Gasteiger charge is -2.00. The van der Waals surface area contributed by atoms with Crippen LogP contribution in [0.3, 0.4) is 0 Å². The van der Waals surface area contributed by atoms with Crippen LogP contribution in [0.25, 0.3) is 0 Å². The van der Waals surface area contributed by atoms with Crippen molar-refractivity contribution in [2.24, 2.45) is 5.10 Å². The number of hydrogen-bond acceptors (Lipinski definition) is 7. The Morgan fingerprint density at radius 2 is 2.20 bits per heavy atom. The number of esters is 1. The SMILES string of the molecule is CCOC(=O)c1csc(NN=C(C)c2ccncc2)n1. The molecule has 0 fully saturated rings. The number of hydrogen-bond donors (Lipinski definition) is 1. The molecule has 7 heteroatoms. The first-order valence-corrected chi connectivity index (χ1v) is 6.92. The lowest BCUT2D eigenvalue weighted by molar-refractivity contribution is 0.0520. The van der Waals surface area contributed by atoms with Gasteiger partial charge in [0.25, 0.3) is 0 Å². The number of ether oxygens (including phenoxy) is 1. The third kappa shape index (κ3) is 3.61. The van der Waals surface area contributed by atoms with Crippen molar-refractivity contribution in [1.29, 1.82) is 0 Å². The van der Waals surface area contributed by atoms with E-state index in [0.29, 0.717) is 11.7 Å². The van der Waals surface area contributed by atoms with Crippen molar-refractivity contribution in [2.75, 3.05) is 12.0 Å². The van der Waals surface area contributed by atoms with Gasteiger partial charge in [-0.25, -0.2) is 9.78 Å². The van der Waals surface area contributed by atoms with E-state index in [-0.39, 0.29) is 5.69 Å². The summed E-state index contributed by atoms with van der Waals surface area (Å²) in [6.07, 6.45) is 3.41. The Kier molecular flexibility index (Phi) is 4.78. The number of rotatable bonds is 5. The number of pyridine rings is 1. The summed E-state index contributed by atoms with van der Waals surface area (Å²) < 4.78 is 4.87. The minimum Gasteiger partial charge on any atom is -0.461 e. The maximum atomic E-state index is 11.5. The summed E-state index contributed by atoms with van der Waals surface area (Å²) in [6.45, 7) is 3.96. The largest absolute Gasteiger partial charge is 0.461 e. The number of carbonyl (C=O) groups excluding carboxylic acids is 1.